The molecule has 0 spiro atoms. The summed E-state index contributed by atoms with van der Waals surface area (Å²) in [6.07, 6.45) is -3.64. The molecule has 0 saturated carbocycles. The molecule has 2 nitrogen and oxygen atoms in total. The van der Waals surface area contributed by atoms with Gasteiger partial charge in [-0.25, -0.2) is 8.78 Å². The number of halogens is 2. The highest BCUT2D eigenvalue weighted by Crippen LogP contribution is 2.33. The zero-order valence-corrected chi connectivity index (χ0v) is 9.11. The summed E-state index contributed by atoms with van der Waals surface area (Å²) in [6.45, 7) is 3.12. The Morgan fingerprint density at radius 2 is 1.88 bits per heavy atom. The summed E-state index contributed by atoms with van der Waals surface area (Å²) in [5.74, 6) is 0. The number of hydrogen-bond acceptors (Lipinski definition) is 2. The second kappa shape index (κ2) is 4.58. The normalized spacial score (nSPS) is 13.6. The van der Waals surface area contributed by atoms with Crippen molar-refractivity contribution in [2.45, 2.75) is 26.4 Å². The van der Waals surface area contributed by atoms with Crippen LogP contribution in [0.25, 0.3) is 0 Å². The molecule has 4 heteroatoms. The van der Waals surface area contributed by atoms with Gasteiger partial charge >= 0.3 is 0 Å². The highest BCUT2D eigenvalue weighted by Gasteiger charge is 2.29. The van der Waals surface area contributed by atoms with Crippen molar-refractivity contribution >= 4 is 0 Å². The molecule has 1 atom stereocenters. The van der Waals surface area contributed by atoms with Crippen LogP contribution in [-0.4, -0.2) is 5.11 Å². The van der Waals surface area contributed by atoms with Crippen molar-refractivity contribution in [1.29, 1.82) is 5.26 Å². The second-order valence-electron chi connectivity index (χ2n) is 4.21. The number of nitriles is 1. The van der Waals surface area contributed by atoms with E-state index in [2.05, 4.69) is 0 Å². The highest BCUT2D eigenvalue weighted by molar-refractivity contribution is 5.28. The van der Waals surface area contributed by atoms with Crippen molar-refractivity contribution in [3.8, 4) is 6.07 Å². The first kappa shape index (κ1) is 12.6. The molecule has 1 unspecified atom stereocenters. The van der Waals surface area contributed by atoms with Crippen LogP contribution in [0.4, 0.5) is 8.78 Å². The average molecular weight is 225 g/mol. The lowest BCUT2D eigenvalue weighted by Crippen LogP contribution is -2.19. The smallest absolute Gasteiger partial charge is 0.263 e. The first-order valence-electron chi connectivity index (χ1n) is 4.86. The first-order chi connectivity index (χ1) is 7.38. The maximum atomic E-state index is 12.4. The number of aliphatic hydroxyl groups is 1. The van der Waals surface area contributed by atoms with Gasteiger partial charge in [0.05, 0.1) is 17.6 Å². The maximum Gasteiger partial charge on any atom is 0.263 e. The SMILES string of the molecule is CC(C)(C#N)C(O)c1cccc(C(F)F)c1. The number of hydrogen-bond donors (Lipinski definition) is 1. The first-order valence-corrected chi connectivity index (χ1v) is 4.86. The van der Waals surface area contributed by atoms with Crippen molar-refractivity contribution in [2.24, 2.45) is 5.41 Å². The summed E-state index contributed by atoms with van der Waals surface area (Å²) in [6, 6.07) is 7.46. The molecule has 0 fully saturated rings. The van der Waals surface area contributed by atoms with Crippen LogP contribution in [0.2, 0.25) is 0 Å². The zero-order valence-electron chi connectivity index (χ0n) is 9.11. The van der Waals surface area contributed by atoms with E-state index in [-0.39, 0.29) is 5.56 Å². The molecule has 1 aromatic rings. The van der Waals surface area contributed by atoms with E-state index in [1.807, 2.05) is 6.07 Å². The standard InChI is InChI=1S/C12H13F2NO/c1-12(2,7-15)10(16)8-4-3-5-9(6-8)11(13)14/h3-6,10-11,16H,1-2H3. The van der Waals surface area contributed by atoms with Crippen molar-refractivity contribution in [1.82, 2.24) is 0 Å². The molecule has 1 rings (SSSR count). The molecule has 0 bridgehead atoms. The monoisotopic (exact) mass is 225 g/mol. The number of benzene rings is 1. The van der Waals surface area contributed by atoms with Crippen LogP contribution in [0, 0.1) is 16.7 Å². The van der Waals surface area contributed by atoms with E-state index in [1.165, 1.54) is 24.3 Å². The van der Waals surface area contributed by atoms with Gasteiger partial charge in [-0.05, 0) is 25.5 Å². The van der Waals surface area contributed by atoms with Crippen LogP contribution in [0.15, 0.2) is 24.3 Å². The second-order valence-corrected chi connectivity index (χ2v) is 4.21. The molecule has 16 heavy (non-hydrogen) atoms. The van der Waals surface area contributed by atoms with Crippen molar-refractivity contribution < 1.29 is 13.9 Å². The topological polar surface area (TPSA) is 44.0 Å². The van der Waals surface area contributed by atoms with Crippen LogP contribution in [-0.2, 0) is 0 Å². The van der Waals surface area contributed by atoms with Crippen LogP contribution in [0.5, 0.6) is 0 Å². The Morgan fingerprint density at radius 3 is 2.38 bits per heavy atom. The van der Waals surface area contributed by atoms with Crippen LogP contribution < -0.4 is 0 Å². The molecule has 86 valence electrons. The Bertz CT molecular complexity index is 410. The molecule has 0 radical (unpaired) electrons. The Morgan fingerprint density at radius 1 is 1.31 bits per heavy atom. The van der Waals surface area contributed by atoms with Gasteiger partial charge in [0.2, 0.25) is 0 Å². The van der Waals surface area contributed by atoms with Crippen molar-refractivity contribution in [2.75, 3.05) is 0 Å². The Hall–Kier alpha value is -1.47. The third-order valence-electron chi connectivity index (χ3n) is 2.45. The van der Waals surface area contributed by atoms with E-state index < -0.39 is 17.9 Å². The van der Waals surface area contributed by atoms with Gasteiger partial charge in [-0.15, -0.1) is 0 Å². The molecule has 0 aliphatic carbocycles. The quantitative estimate of drug-likeness (QED) is 0.858. The molecule has 0 amide bonds. The largest absolute Gasteiger partial charge is 0.387 e. The Labute approximate surface area is 93.1 Å². The molecule has 1 aromatic carbocycles. The van der Waals surface area contributed by atoms with Gasteiger partial charge in [0.25, 0.3) is 6.43 Å². The van der Waals surface area contributed by atoms with Gasteiger partial charge in [0.15, 0.2) is 0 Å². The van der Waals surface area contributed by atoms with E-state index in [1.54, 1.807) is 13.8 Å². The molecule has 0 aromatic heterocycles. The van der Waals surface area contributed by atoms with Crippen molar-refractivity contribution in [3.63, 3.8) is 0 Å². The van der Waals surface area contributed by atoms with E-state index in [4.69, 9.17) is 5.26 Å². The molecule has 1 N–H and O–H groups in total. The van der Waals surface area contributed by atoms with Gasteiger partial charge in [-0.3, -0.25) is 0 Å². The summed E-state index contributed by atoms with van der Waals surface area (Å²) in [7, 11) is 0. The molecule has 0 saturated heterocycles. The fraction of sp³-hybridized carbons (Fsp3) is 0.417. The summed E-state index contributed by atoms with van der Waals surface area (Å²) < 4.78 is 24.9. The summed E-state index contributed by atoms with van der Waals surface area (Å²) >= 11 is 0. The van der Waals surface area contributed by atoms with E-state index in [0.717, 1.165) is 0 Å². The molecule has 0 aliphatic heterocycles. The zero-order chi connectivity index (χ0) is 12.3. The lowest BCUT2D eigenvalue weighted by molar-refractivity contribution is 0.0861. The summed E-state index contributed by atoms with van der Waals surface area (Å²) in [5.41, 5.74) is -0.810. The highest BCUT2D eigenvalue weighted by atomic mass is 19.3. The third kappa shape index (κ3) is 2.56. The Kier molecular flexibility index (Phi) is 3.61. The lowest BCUT2D eigenvalue weighted by Gasteiger charge is -2.23. The lowest BCUT2D eigenvalue weighted by atomic mass is 9.84. The molecular formula is C12H13F2NO. The maximum absolute atomic E-state index is 12.4. The summed E-state index contributed by atoms with van der Waals surface area (Å²) in [5, 5.41) is 18.7. The molecular weight excluding hydrogens is 212 g/mol. The van der Waals surface area contributed by atoms with Gasteiger partial charge in [-0.1, -0.05) is 18.2 Å². The fourth-order valence-electron chi connectivity index (χ4n) is 1.34. The molecule has 0 aliphatic rings. The van der Waals surface area contributed by atoms with Crippen LogP contribution >= 0.6 is 0 Å². The van der Waals surface area contributed by atoms with Crippen LogP contribution in [0.1, 0.15) is 37.5 Å². The minimum atomic E-state index is -2.57. The number of nitrogens with zero attached hydrogens (tertiary/aromatic N) is 1. The van der Waals surface area contributed by atoms with E-state index in [0.29, 0.717) is 5.56 Å². The van der Waals surface area contributed by atoms with Gasteiger partial charge < -0.3 is 5.11 Å². The third-order valence-corrected chi connectivity index (χ3v) is 2.45. The minimum absolute atomic E-state index is 0.148. The minimum Gasteiger partial charge on any atom is -0.387 e. The Balaban J connectivity index is 3.06. The average Bonchev–Trinajstić information content (AvgIpc) is 2.28. The number of alkyl halides is 2. The van der Waals surface area contributed by atoms with Gasteiger partial charge in [-0.2, -0.15) is 5.26 Å². The number of aliphatic hydroxyl groups excluding tert-OH is 1. The predicted octanol–water partition coefficient (Wildman–Crippen LogP) is 3.21. The fourth-order valence-corrected chi connectivity index (χ4v) is 1.34. The summed E-state index contributed by atoms with van der Waals surface area (Å²) in [4.78, 5) is 0. The van der Waals surface area contributed by atoms with Crippen LogP contribution in [0.3, 0.4) is 0 Å². The van der Waals surface area contributed by atoms with Gasteiger partial charge in [0, 0.05) is 5.56 Å². The predicted molar refractivity (Wildman–Crippen MR) is 55.8 cm³/mol. The number of rotatable bonds is 3. The molecule has 0 heterocycles. The van der Waals surface area contributed by atoms with Gasteiger partial charge in [0.1, 0.15) is 0 Å². The van der Waals surface area contributed by atoms with Crippen molar-refractivity contribution in [3.05, 3.63) is 35.4 Å². The van der Waals surface area contributed by atoms with E-state index in [9.17, 15) is 13.9 Å². The van der Waals surface area contributed by atoms with E-state index >= 15 is 0 Å².